The Morgan fingerprint density at radius 1 is 0.947 bits per heavy atom. The molecule has 0 aliphatic rings. The SMILES string of the molecule is Cc1ccc(C#Cc2ccc(CC(=O)O)cc2)cc1. The van der Waals surface area contributed by atoms with Crippen LogP contribution in [0.4, 0.5) is 0 Å². The van der Waals surface area contributed by atoms with Gasteiger partial charge in [0.25, 0.3) is 0 Å². The monoisotopic (exact) mass is 250 g/mol. The molecule has 0 aromatic heterocycles. The van der Waals surface area contributed by atoms with Crippen molar-refractivity contribution in [2.24, 2.45) is 0 Å². The third-order valence-corrected chi connectivity index (χ3v) is 2.71. The Morgan fingerprint density at radius 2 is 1.42 bits per heavy atom. The molecule has 2 heteroatoms. The third-order valence-electron chi connectivity index (χ3n) is 2.71. The van der Waals surface area contributed by atoms with E-state index in [1.165, 1.54) is 5.56 Å². The zero-order chi connectivity index (χ0) is 13.7. The second-order valence-electron chi connectivity index (χ2n) is 4.38. The minimum absolute atomic E-state index is 0.0473. The normalized spacial score (nSPS) is 9.53. The summed E-state index contributed by atoms with van der Waals surface area (Å²) >= 11 is 0. The highest BCUT2D eigenvalue weighted by Crippen LogP contribution is 2.05. The van der Waals surface area contributed by atoms with Crippen molar-refractivity contribution < 1.29 is 9.90 Å². The van der Waals surface area contributed by atoms with Gasteiger partial charge >= 0.3 is 5.97 Å². The molecule has 1 N–H and O–H groups in total. The Morgan fingerprint density at radius 3 is 1.89 bits per heavy atom. The van der Waals surface area contributed by atoms with Gasteiger partial charge in [0.2, 0.25) is 0 Å². The lowest BCUT2D eigenvalue weighted by Gasteiger charge is -1.96. The standard InChI is InChI=1S/C17H14O2/c1-13-2-4-14(5-3-13)6-7-15-8-10-16(11-9-15)12-17(18)19/h2-5,8-11H,12H2,1H3,(H,18,19). The highest BCUT2D eigenvalue weighted by molar-refractivity contribution is 5.70. The first-order valence-corrected chi connectivity index (χ1v) is 6.03. The van der Waals surface area contributed by atoms with Gasteiger partial charge in [-0.2, -0.15) is 0 Å². The van der Waals surface area contributed by atoms with E-state index in [0.29, 0.717) is 0 Å². The molecule has 0 aliphatic heterocycles. The van der Waals surface area contributed by atoms with Crippen LogP contribution in [0.25, 0.3) is 0 Å². The summed E-state index contributed by atoms with van der Waals surface area (Å²) < 4.78 is 0. The van der Waals surface area contributed by atoms with Crippen LogP contribution < -0.4 is 0 Å². The Labute approximate surface area is 112 Å². The first kappa shape index (κ1) is 12.9. The lowest BCUT2D eigenvalue weighted by atomic mass is 10.1. The van der Waals surface area contributed by atoms with Gasteiger partial charge < -0.3 is 5.11 Å². The maximum Gasteiger partial charge on any atom is 0.307 e. The van der Waals surface area contributed by atoms with Crippen molar-refractivity contribution in [3.63, 3.8) is 0 Å². The van der Waals surface area contributed by atoms with Gasteiger partial charge in [-0.25, -0.2) is 0 Å². The molecule has 0 unspecified atom stereocenters. The smallest absolute Gasteiger partial charge is 0.307 e. The molecule has 2 rings (SSSR count). The Balaban J connectivity index is 2.11. The molecule has 0 spiro atoms. The largest absolute Gasteiger partial charge is 0.481 e. The van der Waals surface area contributed by atoms with Crippen LogP contribution in [-0.4, -0.2) is 11.1 Å². The molecule has 19 heavy (non-hydrogen) atoms. The van der Waals surface area contributed by atoms with Gasteiger partial charge in [-0.15, -0.1) is 0 Å². The summed E-state index contributed by atoms with van der Waals surface area (Å²) in [5, 5.41) is 8.68. The Bertz CT molecular complexity index is 626. The molecule has 0 amide bonds. The van der Waals surface area contributed by atoms with Gasteiger partial charge in [0.15, 0.2) is 0 Å². The van der Waals surface area contributed by atoms with Crippen LogP contribution >= 0.6 is 0 Å². The highest BCUT2D eigenvalue weighted by atomic mass is 16.4. The summed E-state index contributed by atoms with van der Waals surface area (Å²) in [5.74, 6) is 5.32. The van der Waals surface area contributed by atoms with Gasteiger partial charge in [0.1, 0.15) is 0 Å². The summed E-state index contributed by atoms with van der Waals surface area (Å²) in [6.07, 6.45) is 0.0473. The third kappa shape index (κ3) is 4.01. The predicted molar refractivity (Wildman–Crippen MR) is 74.9 cm³/mol. The molecule has 2 aromatic carbocycles. The van der Waals surface area contributed by atoms with Crippen LogP contribution in [-0.2, 0) is 11.2 Å². The average Bonchev–Trinajstić information content (AvgIpc) is 2.39. The van der Waals surface area contributed by atoms with Crippen molar-refractivity contribution in [1.82, 2.24) is 0 Å². The van der Waals surface area contributed by atoms with E-state index in [4.69, 9.17) is 5.11 Å². The summed E-state index contributed by atoms with van der Waals surface area (Å²) in [6, 6.07) is 15.3. The maximum atomic E-state index is 10.6. The molecule has 2 nitrogen and oxygen atoms in total. The van der Waals surface area contributed by atoms with E-state index in [0.717, 1.165) is 16.7 Å². The average molecular weight is 250 g/mol. The van der Waals surface area contributed by atoms with Crippen molar-refractivity contribution in [3.8, 4) is 11.8 Å². The maximum absolute atomic E-state index is 10.6. The predicted octanol–water partition coefficient (Wildman–Crippen LogP) is 3.02. The molecule has 0 radical (unpaired) electrons. The lowest BCUT2D eigenvalue weighted by molar-refractivity contribution is -0.136. The van der Waals surface area contributed by atoms with Crippen LogP contribution in [0.15, 0.2) is 48.5 Å². The van der Waals surface area contributed by atoms with Crippen LogP contribution in [0, 0.1) is 18.8 Å². The molecule has 94 valence electrons. The molecule has 0 saturated heterocycles. The molecule has 0 fully saturated rings. The van der Waals surface area contributed by atoms with Crippen molar-refractivity contribution >= 4 is 5.97 Å². The van der Waals surface area contributed by atoms with E-state index in [1.807, 2.05) is 43.3 Å². The van der Waals surface area contributed by atoms with E-state index in [9.17, 15) is 4.79 Å². The second-order valence-corrected chi connectivity index (χ2v) is 4.38. The number of carboxylic acid groups (broad SMARTS) is 1. The molecule has 2 aromatic rings. The first-order chi connectivity index (χ1) is 9.13. The Kier molecular flexibility index (Phi) is 4.00. The first-order valence-electron chi connectivity index (χ1n) is 6.03. The second kappa shape index (κ2) is 5.88. The van der Waals surface area contributed by atoms with Crippen molar-refractivity contribution in [1.29, 1.82) is 0 Å². The van der Waals surface area contributed by atoms with Crippen LogP contribution in [0.5, 0.6) is 0 Å². The van der Waals surface area contributed by atoms with Crippen LogP contribution in [0.1, 0.15) is 22.3 Å². The van der Waals surface area contributed by atoms with Crippen molar-refractivity contribution in [2.45, 2.75) is 13.3 Å². The number of benzene rings is 2. The number of carbonyl (C=O) groups is 1. The van der Waals surface area contributed by atoms with Gasteiger partial charge in [-0.3, -0.25) is 4.79 Å². The molecular formula is C17H14O2. The molecule has 0 atom stereocenters. The fraction of sp³-hybridized carbons (Fsp3) is 0.118. The quantitative estimate of drug-likeness (QED) is 0.832. The zero-order valence-electron chi connectivity index (χ0n) is 10.7. The highest BCUT2D eigenvalue weighted by Gasteiger charge is 1.99. The summed E-state index contributed by atoms with van der Waals surface area (Å²) in [6.45, 7) is 2.04. The summed E-state index contributed by atoms with van der Waals surface area (Å²) in [4.78, 5) is 10.6. The summed E-state index contributed by atoms with van der Waals surface area (Å²) in [5.41, 5.74) is 3.85. The number of aryl methyl sites for hydroxylation is 1. The van der Waals surface area contributed by atoms with Gasteiger partial charge in [0.05, 0.1) is 6.42 Å². The number of carboxylic acids is 1. The lowest BCUT2D eigenvalue weighted by Crippen LogP contribution is -1.99. The van der Waals surface area contributed by atoms with E-state index in [2.05, 4.69) is 11.8 Å². The van der Waals surface area contributed by atoms with E-state index in [1.54, 1.807) is 12.1 Å². The van der Waals surface area contributed by atoms with Gasteiger partial charge in [-0.05, 0) is 36.8 Å². The molecular weight excluding hydrogens is 236 g/mol. The number of hydrogen-bond donors (Lipinski definition) is 1. The van der Waals surface area contributed by atoms with Gasteiger partial charge in [-0.1, -0.05) is 41.7 Å². The minimum Gasteiger partial charge on any atom is -0.481 e. The van der Waals surface area contributed by atoms with Crippen LogP contribution in [0.2, 0.25) is 0 Å². The van der Waals surface area contributed by atoms with E-state index in [-0.39, 0.29) is 6.42 Å². The van der Waals surface area contributed by atoms with Crippen molar-refractivity contribution in [3.05, 3.63) is 70.8 Å². The number of rotatable bonds is 2. The van der Waals surface area contributed by atoms with Crippen LogP contribution in [0.3, 0.4) is 0 Å². The summed E-state index contributed by atoms with van der Waals surface area (Å²) in [7, 11) is 0. The topological polar surface area (TPSA) is 37.3 Å². The van der Waals surface area contributed by atoms with E-state index >= 15 is 0 Å². The molecule has 0 heterocycles. The molecule has 0 aliphatic carbocycles. The fourth-order valence-electron chi connectivity index (χ4n) is 1.66. The zero-order valence-corrected chi connectivity index (χ0v) is 10.7. The fourth-order valence-corrected chi connectivity index (χ4v) is 1.66. The number of aliphatic carboxylic acids is 1. The Hall–Kier alpha value is -2.53. The minimum atomic E-state index is -0.821. The van der Waals surface area contributed by atoms with Crippen molar-refractivity contribution in [2.75, 3.05) is 0 Å². The number of hydrogen-bond acceptors (Lipinski definition) is 1. The van der Waals surface area contributed by atoms with E-state index < -0.39 is 5.97 Å². The molecule has 0 bridgehead atoms. The molecule has 0 saturated carbocycles. The van der Waals surface area contributed by atoms with Gasteiger partial charge in [0, 0.05) is 11.1 Å².